The zero-order valence-electron chi connectivity index (χ0n) is 10.8. The number of aromatic carboxylic acids is 1. The third kappa shape index (κ3) is 3.40. The molecule has 0 fully saturated rings. The van der Waals surface area contributed by atoms with Crippen LogP contribution in [0, 0.1) is 0 Å². The first-order chi connectivity index (χ1) is 10.3. The molecule has 0 unspecified atom stereocenters. The molecule has 1 N–H and O–H groups in total. The van der Waals surface area contributed by atoms with E-state index in [0.29, 0.717) is 0 Å². The summed E-state index contributed by atoms with van der Waals surface area (Å²) in [7, 11) is 0. The van der Waals surface area contributed by atoms with Gasteiger partial charge in [0.2, 0.25) is 0 Å². The monoisotopic (exact) mass is 311 g/mol. The summed E-state index contributed by atoms with van der Waals surface area (Å²) in [4.78, 5) is 25.9. The van der Waals surface area contributed by atoms with Gasteiger partial charge in [-0.05, 0) is 24.3 Å². The summed E-state index contributed by atoms with van der Waals surface area (Å²) in [6.07, 6.45) is -3.75. The second-order valence-electron chi connectivity index (χ2n) is 4.12. The second kappa shape index (κ2) is 5.84. The Bertz CT molecular complexity index is 711. The van der Waals surface area contributed by atoms with Gasteiger partial charge >= 0.3 is 18.1 Å². The Morgan fingerprint density at radius 3 is 2.32 bits per heavy atom. The Hall–Kier alpha value is -2.90. The van der Waals surface area contributed by atoms with E-state index in [4.69, 9.17) is 9.84 Å². The Labute approximate surface area is 122 Å². The van der Waals surface area contributed by atoms with Gasteiger partial charge in [-0.15, -0.1) is 0 Å². The Kier molecular flexibility index (Phi) is 4.11. The van der Waals surface area contributed by atoms with Crippen LogP contribution in [0.3, 0.4) is 0 Å². The molecule has 114 valence electrons. The van der Waals surface area contributed by atoms with Gasteiger partial charge in [-0.3, -0.25) is 0 Å². The number of halogens is 3. The summed E-state index contributed by atoms with van der Waals surface area (Å²) >= 11 is 0. The highest BCUT2D eigenvalue weighted by molar-refractivity contribution is 5.92. The number of carboxylic acids is 1. The number of esters is 1. The molecule has 0 aliphatic heterocycles. The number of ether oxygens (including phenoxy) is 1. The average molecular weight is 311 g/mol. The molecule has 5 nitrogen and oxygen atoms in total. The molecule has 0 atom stereocenters. The highest BCUT2D eigenvalue weighted by Crippen LogP contribution is 2.36. The maximum absolute atomic E-state index is 12.8. The first kappa shape index (κ1) is 15.5. The topological polar surface area (TPSA) is 76.5 Å². The molecule has 1 aromatic carbocycles. The molecule has 1 heterocycles. The van der Waals surface area contributed by atoms with Crippen molar-refractivity contribution in [2.45, 2.75) is 6.18 Å². The number of hydrogen-bond donors (Lipinski definition) is 1. The van der Waals surface area contributed by atoms with Crippen LogP contribution >= 0.6 is 0 Å². The van der Waals surface area contributed by atoms with Crippen molar-refractivity contribution in [1.82, 2.24) is 4.98 Å². The molecule has 0 saturated heterocycles. The van der Waals surface area contributed by atoms with Crippen molar-refractivity contribution in [2.24, 2.45) is 0 Å². The maximum atomic E-state index is 12.8. The van der Waals surface area contributed by atoms with Gasteiger partial charge in [0.1, 0.15) is 11.4 Å². The number of para-hydroxylation sites is 1. The van der Waals surface area contributed by atoms with E-state index < -0.39 is 29.4 Å². The molecule has 0 aliphatic rings. The van der Waals surface area contributed by atoms with Crippen LogP contribution < -0.4 is 4.74 Å². The third-order valence-corrected chi connectivity index (χ3v) is 2.61. The van der Waals surface area contributed by atoms with Crippen molar-refractivity contribution in [3.05, 3.63) is 59.4 Å². The van der Waals surface area contributed by atoms with Crippen LogP contribution in [0.5, 0.6) is 5.75 Å². The van der Waals surface area contributed by atoms with Crippen LogP contribution in [0.2, 0.25) is 0 Å². The highest BCUT2D eigenvalue weighted by atomic mass is 19.4. The Morgan fingerprint density at radius 2 is 1.77 bits per heavy atom. The maximum Gasteiger partial charge on any atom is 0.419 e. The van der Waals surface area contributed by atoms with Gasteiger partial charge in [-0.25, -0.2) is 14.6 Å². The highest BCUT2D eigenvalue weighted by Gasteiger charge is 2.34. The molecule has 0 bridgehead atoms. The van der Waals surface area contributed by atoms with Gasteiger partial charge in [-0.1, -0.05) is 12.1 Å². The summed E-state index contributed by atoms with van der Waals surface area (Å²) in [5.74, 6) is -2.99. The molecule has 22 heavy (non-hydrogen) atoms. The van der Waals surface area contributed by atoms with E-state index >= 15 is 0 Å². The fourth-order valence-electron chi connectivity index (χ4n) is 1.59. The predicted molar refractivity (Wildman–Crippen MR) is 67.6 cm³/mol. The fraction of sp³-hybridized carbons (Fsp3) is 0.0714. The van der Waals surface area contributed by atoms with Gasteiger partial charge in [-0.2, -0.15) is 13.2 Å². The minimum atomic E-state index is -4.66. The lowest BCUT2D eigenvalue weighted by molar-refractivity contribution is -0.138. The second-order valence-corrected chi connectivity index (χ2v) is 4.12. The van der Waals surface area contributed by atoms with E-state index in [1.807, 2.05) is 0 Å². The number of carbonyl (C=O) groups is 2. The van der Waals surface area contributed by atoms with Crippen molar-refractivity contribution in [3.8, 4) is 5.75 Å². The van der Waals surface area contributed by atoms with E-state index in [1.54, 1.807) is 0 Å². The molecule has 0 amide bonds. The van der Waals surface area contributed by atoms with Crippen LogP contribution in [0.15, 0.2) is 42.6 Å². The first-order valence-corrected chi connectivity index (χ1v) is 5.87. The lowest BCUT2D eigenvalue weighted by atomic mass is 10.2. The normalized spacial score (nSPS) is 11.0. The van der Waals surface area contributed by atoms with E-state index in [9.17, 15) is 22.8 Å². The minimum absolute atomic E-state index is 0.165. The van der Waals surface area contributed by atoms with E-state index in [-0.39, 0.29) is 11.3 Å². The van der Waals surface area contributed by atoms with Gasteiger partial charge in [0, 0.05) is 6.20 Å². The van der Waals surface area contributed by atoms with E-state index in [1.165, 1.54) is 12.1 Å². The van der Waals surface area contributed by atoms with Crippen molar-refractivity contribution >= 4 is 11.9 Å². The largest absolute Gasteiger partial charge is 0.477 e. The number of carbonyl (C=O) groups excluding carboxylic acids is 1. The molecule has 1 aromatic heterocycles. The number of alkyl halides is 3. The average Bonchev–Trinajstić information content (AvgIpc) is 2.46. The van der Waals surface area contributed by atoms with Crippen LogP contribution in [-0.4, -0.2) is 22.0 Å². The fourth-order valence-corrected chi connectivity index (χ4v) is 1.59. The molecular formula is C14H8F3NO4. The van der Waals surface area contributed by atoms with Crippen molar-refractivity contribution in [3.63, 3.8) is 0 Å². The Morgan fingerprint density at radius 1 is 1.09 bits per heavy atom. The lowest BCUT2D eigenvalue weighted by Gasteiger charge is -2.12. The minimum Gasteiger partial charge on any atom is -0.477 e. The number of nitrogens with zero attached hydrogens (tertiary/aromatic N) is 1. The molecule has 0 saturated carbocycles. The lowest BCUT2D eigenvalue weighted by Crippen LogP contribution is -2.14. The summed E-state index contributed by atoms with van der Waals surface area (Å²) < 4.78 is 43.0. The van der Waals surface area contributed by atoms with Gasteiger partial charge < -0.3 is 9.84 Å². The SMILES string of the molecule is O=C(Oc1ccccc1C(F)(F)F)c1ccc(C(=O)O)nc1. The van der Waals surface area contributed by atoms with Crippen LogP contribution in [-0.2, 0) is 6.18 Å². The van der Waals surface area contributed by atoms with Crippen LogP contribution in [0.25, 0.3) is 0 Å². The smallest absolute Gasteiger partial charge is 0.419 e. The van der Waals surface area contributed by atoms with Gasteiger partial charge in [0.15, 0.2) is 0 Å². The van der Waals surface area contributed by atoms with Crippen LogP contribution in [0.1, 0.15) is 26.4 Å². The van der Waals surface area contributed by atoms with Gasteiger partial charge in [0.05, 0.1) is 11.1 Å². The molecular weight excluding hydrogens is 303 g/mol. The molecule has 8 heteroatoms. The van der Waals surface area contributed by atoms with E-state index in [0.717, 1.165) is 30.5 Å². The number of hydrogen-bond acceptors (Lipinski definition) is 4. The molecule has 0 spiro atoms. The summed E-state index contributed by atoms with van der Waals surface area (Å²) in [6.45, 7) is 0. The number of benzene rings is 1. The zero-order chi connectivity index (χ0) is 16.3. The molecule has 0 radical (unpaired) electrons. The van der Waals surface area contributed by atoms with Crippen molar-refractivity contribution in [2.75, 3.05) is 0 Å². The number of pyridine rings is 1. The zero-order valence-corrected chi connectivity index (χ0v) is 10.8. The van der Waals surface area contributed by atoms with Crippen molar-refractivity contribution < 1.29 is 32.6 Å². The number of rotatable bonds is 3. The van der Waals surface area contributed by atoms with Gasteiger partial charge in [0.25, 0.3) is 0 Å². The molecule has 2 rings (SSSR count). The number of aromatic nitrogens is 1. The summed E-state index contributed by atoms with van der Waals surface area (Å²) in [6, 6.07) is 6.42. The first-order valence-electron chi connectivity index (χ1n) is 5.87. The number of carboxylic acid groups (broad SMARTS) is 1. The summed E-state index contributed by atoms with van der Waals surface area (Å²) in [5.41, 5.74) is -1.55. The van der Waals surface area contributed by atoms with Crippen molar-refractivity contribution in [1.29, 1.82) is 0 Å². The molecule has 0 aliphatic carbocycles. The predicted octanol–water partition coefficient (Wildman–Crippen LogP) is 3.02. The Balaban J connectivity index is 2.24. The quantitative estimate of drug-likeness (QED) is 0.696. The summed E-state index contributed by atoms with van der Waals surface area (Å²) in [5, 5.41) is 8.67. The van der Waals surface area contributed by atoms with Crippen LogP contribution in [0.4, 0.5) is 13.2 Å². The third-order valence-electron chi connectivity index (χ3n) is 2.61. The standard InChI is InChI=1S/C14H8F3NO4/c15-14(16,17)9-3-1-2-4-11(9)22-13(21)8-5-6-10(12(19)20)18-7-8/h1-7H,(H,19,20). The molecule has 2 aromatic rings. The van der Waals surface area contributed by atoms with E-state index in [2.05, 4.69) is 4.98 Å².